The summed E-state index contributed by atoms with van der Waals surface area (Å²) in [6.45, 7) is 0.0868. The average molecular weight is 327 g/mol. The highest BCUT2D eigenvalue weighted by molar-refractivity contribution is 5.90. The zero-order chi connectivity index (χ0) is 16.9. The standard InChI is InChI=1S/C14H13N7O3/c22-12(7-8-20-14(24)6-5-13(23)17-20)16-10-1-3-11(4-2-10)21-9-15-18-19-21/h1-6,9H,7-8H2,(H,16,22)(H,17,23). The summed E-state index contributed by atoms with van der Waals surface area (Å²) in [5, 5.41) is 15.9. The summed E-state index contributed by atoms with van der Waals surface area (Å²) in [7, 11) is 0. The van der Waals surface area contributed by atoms with E-state index in [2.05, 4.69) is 25.9 Å². The summed E-state index contributed by atoms with van der Waals surface area (Å²) in [6, 6.07) is 9.24. The number of benzene rings is 1. The molecular weight excluding hydrogens is 314 g/mol. The molecule has 3 rings (SSSR count). The quantitative estimate of drug-likeness (QED) is 0.653. The summed E-state index contributed by atoms with van der Waals surface area (Å²) < 4.78 is 2.59. The summed E-state index contributed by atoms with van der Waals surface area (Å²) >= 11 is 0. The first-order valence-electron chi connectivity index (χ1n) is 7.05. The number of amides is 1. The number of rotatable bonds is 5. The predicted molar refractivity (Wildman–Crippen MR) is 83.7 cm³/mol. The fourth-order valence-electron chi connectivity index (χ4n) is 2.04. The van der Waals surface area contributed by atoms with Gasteiger partial charge in [0.25, 0.3) is 11.1 Å². The van der Waals surface area contributed by atoms with Crippen molar-refractivity contribution >= 4 is 11.6 Å². The van der Waals surface area contributed by atoms with Crippen LogP contribution < -0.4 is 16.4 Å². The first kappa shape index (κ1) is 15.3. The Labute approximate surface area is 134 Å². The van der Waals surface area contributed by atoms with Crippen LogP contribution in [0.15, 0.2) is 52.3 Å². The number of anilines is 1. The van der Waals surface area contributed by atoms with Crippen molar-refractivity contribution in [1.29, 1.82) is 0 Å². The molecule has 1 aromatic carbocycles. The minimum Gasteiger partial charge on any atom is -0.326 e. The number of carbonyl (C=O) groups is 1. The number of aryl methyl sites for hydroxylation is 1. The third-order valence-corrected chi connectivity index (χ3v) is 3.22. The van der Waals surface area contributed by atoms with Crippen LogP contribution >= 0.6 is 0 Å². The fourth-order valence-corrected chi connectivity index (χ4v) is 2.04. The van der Waals surface area contributed by atoms with Gasteiger partial charge in [-0.05, 0) is 34.7 Å². The molecule has 2 aromatic heterocycles. The van der Waals surface area contributed by atoms with Crippen LogP contribution in [0.25, 0.3) is 5.69 Å². The molecule has 0 radical (unpaired) electrons. The lowest BCUT2D eigenvalue weighted by Crippen LogP contribution is -2.29. The first-order valence-corrected chi connectivity index (χ1v) is 7.05. The zero-order valence-electron chi connectivity index (χ0n) is 12.4. The summed E-state index contributed by atoms with van der Waals surface area (Å²) in [4.78, 5) is 34.7. The minimum atomic E-state index is -0.395. The van der Waals surface area contributed by atoms with Crippen molar-refractivity contribution in [3.05, 3.63) is 63.4 Å². The maximum absolute atomic E-state index is 11.9. The molecule has 1 amide bonds. The second-order valence-electron chi connectivity index (χ2n) is 4.90. The molecule has 3 aromatic rings. The minimum absolute atomic E-state index is 0.0502. The monoisotopic (exact) mass is 327 g/mol. The van der Waals surface area contributed by atoms with Crippen molar-refractivity contribution in [3.8, 4) is 5.69 Å². The third-order valence-electron chi connectivity index (χ3n) is 3.22. The van der Waals surface area contributed by atoms with E-state index < -0.39 is 5.56 Å². The molecule has 0 saturated heterocycles. The number of hydrogen-bond donors (Lipinski definition) is 2. The number of carbonyl (C=O) groups excluding carboxylic acids is 1. The Hall–Kier alpha value is -3.56. The molecule has 2 heterocycles. The Balaban J connectivity index is 1.60. The first-order chi connectivity index (χ1) is 11.6. The van der Waals surface area contributed by atoms with Crippen molar-refractivity contribution in [3.63, 3.8) is 0 Å². The molecule has 0 aliphatic carbocycles. The van der Waals surface area contributed by atoms with Crippen LogP contribution in [0.4, 0.5) is 5.69 Å². The third kappa shape index (κ3) is 3.61. The van der Waals surface area contributed by atoms with Gasteiger partial charge in [-0.15, -0.1) is 5.10 Å². The van der Waals surface area contributed by atoms with Gasteiger partial charge in [0, 0.05) is 24.2 Å². The number of aromatic amines is 1. The Kier molecular flexibility index (Phi) is 4.27. The number of hydrogen-bond acceptors (Lipinski definition) is 6. The molecule has 122 valence electrons. The Morgan fingerprint density at radius 3 is 2.62 bits per heavy atom. The van der Waals surface area contributed by atoms with Crippen molar-refractivity contribution in [1.82, 2.24) is 30.0 Å². The maximum Gasteiger partial charge on any atom is 0.265 e. The molecule has 0 unspecified atom stereocenters. The second kappa shape index (κ2) is 6.69. The number of H-pyrrole nitrogens is 1. The lowest BCUT2D eigenvalue weighted by molar-refractivity contribution is -0.116. The van der Waals surface area contributed by atoms with E-state index in [0.717, 1.165) is 22.5 Å². The highest BCUT2D eigenvalue weighted by atomic mass is 16.2. The van der Waals surface area contributed by atoms with Crippen molar-refractivity contribution in [2.75, 3.05) is 5.32 Å². The van der Waals surface area contributed by atoms with Gasteiger partial charge in [0.15, 0.2) is 0 Å². The Morgan fingerprint density at radius 1 is 1.12 bits per heavy atom. The number of tetrazole rings is 1. The molecule has 24 heavy (non-hydrogen) atoms. The van der Waals surface area contributed by atoms with Crippen molar-refractivity contribution in [2.24, 2.45) is 0 Å². The molecule has 0 spiro atoms. The maximum atomic E-state index is 11.9. The average Bonchev–Trinajstić information content (AvgIpc) is 3.11. The van der Waals surface area contributed by atoms with Crippen LogP contribution in [0.1, 0.15) is 6.42 Å². The SMILES string of the molecule is O=C(CCn1[nH]c(=O)ccc1=O)Nc1ccc(-n2cnnn2)cc1. The van der Waals surface area contributed by atoms with Crippen LogP contribution in [-0.4, -0.2) is 35.9 Å². The summed E-state index contributed by atoms with van der Waals surface area (Å²) in [5.41, 5.74) is 0.596. The van der Waals surface area contributed by atoms with Gasteiger partial charge in [-0.3, -0.25) is 19.5 Å². The summed E-state index contributed by atoms with van der Waals surface area (Å²) in [6.07, 6.45) is 1.51. The van der Waals surface area contributed by atoms with Gasteiger partial charge in [0.1, 0.15) is 6.33 Å². The van der Waals surface area contributed by atoms with Gasteiger partial charge in [-0.1, -0.05) is 0 Å². The predicted octanol–water partition coefficient (Wildman–Crippen LogP) is -0.459. The number of nitrogens with one attached hydrogen (secondary N) is 2. The van der Waals surface area contributed by atoms with Gasteiger partial charge in [0.2, 0.25) is 5.91 Å². The molecule has 0 atom stereocenters. The van der Waals surface area contributed by atoms with Crippen LogP contribution in [0, 0.1) is 0 Å². The van der Waals surface area contributed by atoms with Crippen molar-refractivity contribution in [2.45, 2.75) is 13.0 Å². The van der Waals surface area contributed by atoms with E-state index in [1.54, 1.807) is 24.3 Å². The van der Waals surface area contributed by atoms with Gasteiger partial charge in [0.05, 0.1) is 12.2 Å². The van der Waals surface area contributed by atoms with Gasteiger partial charge < -0.3 is 5.32 Å². The highest BCUT2D eigenvalue weighted by Crippen LogP contribution is 2.12. The molecule has 0 bridgehead atoms. The van der Waals surface area contributed by atoms with E-state index in [0.29, 0.717) is 5.69 Å². The topological polar surface area (TPSA) is 128 Å². The van der Waals surface area contributed by atoms with E-state index in [1.165, 1.54) is 11.0 Å². The van der Waals surface area contributed by atoms with E-state index >= 15 is 0 Å². The van der Waals surface area contributed by atoms with Crippen LogP contribution in [0.3, 0.4) is 0 Å². The van der Waals surface area contributed by atoms with Gasteiger partial charge in [-0.2, -0.15) is 0 Å². The summed E-state index contributed by atoms with van der Waals surface area (Å²) in [5.74, 6) is -0.276. The van der Waals surface area contributed by atoms with E-state index in [4.69, 9.17) is 0 Å². The number of aromatic nitrogens is 6. The van der Waals surface area contributed by atoms with Gasteiger partial charge >= 0.3 is 0 Å². The Bertz CT molecular complexity index is 941. The normalized spacial score (nSPS) is 10.5. The molecular formula is C14H13N7O3. The van der Waals surface area contributed by atoms with Crippen LogP contribution in [0.2, 0.25) is 0 Å². The second-order valence-corrected chi connectivity index (χ2v) is 4.90. The molecule has 0 saturated carbocycles. The molecule has 0 fully saturated rings. The molecule has 0 aliphatic rings. The van der Waals surface area contributed by atoms with Crippen molar-refractivity contribution < 1.29 is 4.79 Å². The van der Waals surface area contributed by atoms with Crippen LogP contribution in [0.5, 0.6) is 0 Å². The molecule has 10 nitrogen and oxygen atoms in total. The molecule has 2 N–H and O–H groups in total. The lowest BCUT2D eigenvalue weighted by Gasteiger charge is -2.07. The van der Waals surface area contributed by atoms with E-state index in [1.807, 2.05) is 0 Å². The molecule has 10 heteroatoms. The van der Waals surface area contributed by atoms with Crippen LogP contribution in [-0.2, 0) is 11.3 Å². The Morgan fingerprint density at radius 2 is 1.92 bits per heavy atom. The van der Waals surface area contributed by atoms with E-state index in [9.17, 15) is 14.4 Å². The van der Waals surface area contributed by atoms with Gasteiger partial charge in [-0.25, -0.2) is 9.36 Å². The zero-order valence-corrected chi connectivity index (χ0v) is 12.4. The highest BCUT2D eigenvalue weighted by Gasteiger charge is 2.05. The number of nitrogens with zero attached hydrogens (tertiary/aromatic N) is 5. The lowest BCUT2D eigenvalue weighted by atomic mass is 10.2. The molecule has 0 aliphatic heterocycles. The van der Waals surface area contributed by atoms with E-state index in [-0.39, 0.29) is 24.4 Å². The fraction of sp³-hybridized carbons (Fsp3) is 0.143. The smallest absolute Gasteiger partial charge is 0.265 e. The largest absolute Gasteiger partial charge is 0.326 e.